The van der Waals surface area contributed by atoms with E-state index in [-0.39, 0.29) is 0 Å². The summed E-state index contributed by atoms with van der Waals surface area (Å²) in [4.78, 5) is 0. The van der Waals surface area contributed by atoms with Gasteiger partial charge in [-0.1, -0.05) is 117 Å². The number of hydrogen-bond donors (Lipinski definition) is 0. The summed E-state index contributed by atoms with van der Waals surface area (Å²) in [5.74, 6) is 0. The molecule has 0 aromatic heterocycles. The van der Waals surface area contributed by atoms with Gasteiger partial charge in [0.25, 0.3) is 0 Å². The van der Waals surface area contributed by atoms with Crippen molar-refractivity contribution in [2.75, 3.05) is 0 Å². The van der Waals surface area contributed by atoms with Crippen LogP contribution in [0.4, 0.5) is 0 Å². The monoisotopic (exact) mass is 380 g/mol. The molecule has 0 N–H and O–H groups in total. The van der Waals surface area contributed by atoms with Crippen molar-refractivity contribution >= 4 is 0 Å². The second-order valence-corrected chi connectivity index (χ2v) is 7.59. The molecule has 0 radical (unpaired) electrons. The molecule has 29 heavy (non-hydrogen) atoms. The van der Waals surface area contributed by atoms with Crippen LogP contribution in [-0.2, 0) is 32.1 Å². The van der Waals surface area contributed by atoms with Crippen molar-refractivity contribution in [3.63, 3.8) is 0 Å². The molecule has 0 saturated heterocycles. The van der Waals surface area contributed by atoms with Gasteiger partial charge in [0.05, 0.1) is 0 Å². The Kier molecular flexibility index (Phi) is 8.43. The Morgan fingerprint density at radius 2 is 0.862 bits per heavy atom. The normalized spacial score (nSPS) is 10.2. The van der Waals surface area contributed by atoms with E-state index in [4.69, 9.17) is 0 Å². The third-order valence-corrected chi connectivity index (χ3v) is 5.00. The highest BCUT2D eigenvalue weighted by Crippen LogP contribution is 2.19. The standard InChI is InChI=1S/C29H32/c1-7-22(4)16-26-13-10-25(11-14-26)12-15-27-19-28(17-23(5)8-2)21-29(20-27)18-24(6)9-3/h7-11,13-14,19-21H,1-6,12,15-18H2. The number of hydrogen-bond acceptors (Lipinski definition) is 0. The molecule has 0 saturated carbocycles. The van der Waals surface area contributed by atoms with Gasteiger partial charge >= 0.3 is 0 Å². The number of benzene rings is 2. The lowest BCUT2D eigenvalue weighted by Gasteiger charge is -2.11. The van der Waals surface area contributed by atoms with Gasteiger partial charge in [0.2, 0.25) is 0 Å². The molecule has 0 aliphatic carbocycles. The first-order valence-corrected chi connectivity index (χ1v) is 10.0. The predicted molar refractivity (Wildman–Crippen MR) is 129 cm³/mol. The quantitative estimate of drug-likeness (QED) is 0.338. The fraction of sp³-hybridized carbons (Fsp3) is 0.172. The van der Waals surface area contributed by atoms with Crippen LogP contribution in [0.25, 0.3) is 0 Å². The summed E-state index contributed by atoms with van der Waals surface area (Å²) >= 11 is 0. The summed E-state index contributed by atoms with van der Waals surface area (Å²) in [6.45, 7) is 23.6. The van der Waals surface area contributed by atoms with Crippen LogP contribution in [0.3, 0.4) is 0 Å². The Labute approximate surface area is 177 Å². The van der Waals surface area contributed by atoms with E-state index in [9.17, 15) is 0 Å². The van der Waals surface area contributed by atoms with Crippen molar-refractivity contribution < 1.29 is 0 Å². The summed E-state index contributed by atoms with van der Waals surface area (Å²) in [6.07, 6.45) is 10.0. The van der Waals surface area contributed by atoms with Crippen LogP contribution in [-0.4, -0.2) is 0 Å². The number of aryl methyl sites for hydroxylation is 2. The molecule has 0 aliphatic rings. The van der Waals surface area contributed by atoms with E-state index in [1.54, 1.807) is 0 Å². The van der Waals surface area contributed by atoms with Gasteiger partial charge < -0.3 is 0 Å². The maximum absolute atomic E-state index is 4.07. The summed E-state index contributed by atoms with van der Waals surface area (Å²) in [6, 6.07) is 15.6. The third kappa shape index (κ3) is 7.43. The van der Waals surface area contributed by atoms with Crippen LogP contribution in [0.2, 0.25) is 0 Å². The average Bonchev–Trinajstić information content (AvgIpc) is 2.72. The topological polar surface area (TPSA) is 0 Å². The summed E-state index contributed by atoms with van der Waals surface area (Å²) in [5, 5.41) is 0. The van der Waals surface area contributed by atoms with Crippen LogP contribution in [0.5, 0.6) is 0 Å². The SMILES string of the molecule is C=CC(=C)Cc1ccc(CCc2cc(CC(=C)C=C)cc(CC(=C)C=C)c2)cc1. The highest BCUT2D eigenvalue weighted by molar-refractivity contribution is 5.37. The first-order valence-electron chi connectivity index (χ1n) is 10.0. The lowest BCUT2D eigenvalue weighted by Crippen LogP contribution is -1.98. The molecule has 0 nitrogen and oxygen atoms in total. The number of rotatable bonds is 12. The summed E-state index contributed by atoms with van der Waals surface area (Å²) in [5.41, 5.74) is 9.62. The van der Waals surface area contributed by atoms with Gasteiger partial charge in [-0.25, -0.2) is 0 Å². The van der Waals surface area contributed by atoms with Crippen molar-refractivity contribution in [1.82, 2.24) is 0 Å². The molecular weight excluding hydrogens is 348 g/mol. The zero-order chi connectivity index (χ0) is 21.2. The number of allylic oxidation sites excluding steroid dienone is 6. The van der Waals surface area contributed by atoms with Crippen LogP contribution >= 0.6 is 0 Å². The molecule has 0 aliphatic heterocycles. The molecule has 0 bridgehead atoms. The fourth-order valence-corrected chi connectivity index (χ4v) is 3.30. The van der Waals surface area contributed by atoms with Crippen LogP contribution < -0.4 is 0 Å². The van der Waals surface area contributed by atoms with E-state index < -0.39 is 0 Å². The van der Waals surface area contributed by atoms with E-state index in [0.717, 1.165) is 48.8 Å². The Bertz CT molecular complexity index is 879. The highest BCUT2D eigenvalue weighted by Gasteiger charge is 2.05. The van der Waals surface area contributed by atoms with Gasteiger partial charge in [-0.05, 0) is 59.9 Å². The zero-order valence-electron chi connectivity index (χ0n) is 17.6. The van der Waals surface area contributed by atoms with Crippen molar-refractivity contribution in [2.24, 2.45) is 0 Å². The zero-order valence-corrected chi connectivity index (χ0v) is 17.6. The fourth-order valence-electron chi connectivity index (χ4n) is 3.30. The molecule has 2 rings (SSSR count). The summed E-state index contributed by atoms with van der Waals surface area (Å²) < 4.78 is 0. The van der Waals surface area contributed by atoms with Gasteiger partial charge in [-0.2, -0.15) is 0 Å². The molecule has 0 fully saturated rings. The molecule has 2 aromatic rings. The second kappa shape index (κ2) is 11.0. The molecule has 2 aromatic carbocycles. The van der Waals surface area contributed by atoms with E-state index in [2.05, 4.69) is 81.9 Å². The van der Waals surface area contributed by atoms with E-state index in [1.165, 1.54) is 27.8 Å². The Balaban J connectivity index is 2.13. The first kappa shape index (κ1) is 22.2. The third-order valence-electron chi connectivity index (χ3n) is 5.00. The Morgan fingerprint density at radius 1 is 0.517 bits per heavy atom. The molecular formula is C29H32. The molecule has 0 unspecified atom stereocenters. The van der Waals surface area contributed by atoms with Gasteiger partial charge in [0, 0.05) is 0 Å². The van der Waals surface area contributed by atoms with E-state index >= 15 is 0 Å². The van der Waals surface area contributed by atoms with Crippen molar-refractivity contribution in [3.05, 3.63) is 145 Å². The average molecular weight is 381 g/mol. The van der Waals surface area contributed by atoms with Crippen molar-refractivity contribution in [2.45, 2.75) is 32.1 Å². The molecule has 0 atom stereocenters. The van der Waals surface area contributed by atoms with Gasteiger partial charge in [-0.15, -0.1) is 0 Å². The van der Waals surface area contributed by atoms with E-state index in [0.29, 0.717) is 0 Å². The molecule has 0 amide bonds. The Hall–Kier alpha value is -3.12. The maximum atomic E-state index is 4.07. The van der Waals surface area contributed by atoms with Crippen LogP contribution in [0, 0.1) is 0 Å². The van der Waals surface area contributed by atoms with Gasteiger partial charge in [-0.3, -0.25) is 0 Å². The van der Waals surface area contributed by atoms with Gasteiger partial charge in [0.15, 0.2) is 0 Å². The largest absolute Gasteiger partial charge is 0.0988 e. The Morgan fingerprint density at radius 3 is 1.31 bits per heavy atom. The summed E-state index contributed by atoms with van der Waals surface area (Å²) in [7, 11) is 0. The maximum Gasteiger partial charge on any atom is -0.00317 e. The smallest absolute Gasteiger partial charge is 0.00317 e. The van der Waals surface area contributed by atoms with Crippen LogP contribution in [0.1, 0.15) is 27.8 Å². The minimum Gasteiger partial charge on any atom is -0.0988 e. The van der Waals surface area contributed by atoms with Crippen molar-refractivity contribution in [1.29, 1.82) is 0 Å². The molecule has 0 spiro atoms. The van der Waals surface area contributed by atoms with Crippen molar-refractivity contribution in [3.8, 4) is 0 Å². The lowest BCUT2D eigenvalue weighted by molar-refractivity contribution is 0.947. The van der Waals surface area contributed by atoms with Gasteiger partial charge in [0.1, 0.15) is 0 Å². The molecule has 0 heteroatoms. The predicted octanol–water partition coefficient (Wildman–Crippen LogP) is 7.33. The highest BCUT2D eigenvalue weighted by atomic mass is 14.1. The second-order valence-electron chi connectivity index (χ2n) is 7.59. The van der Waals surface area contributed by atoms with E-state index in [1.807, 2.05) is 18.2 Å². The first-order chi connectivity index (χ1) is 13.9. The molecule has 0 heterocycles. The lowest BCUT2D eigenvalue weighted by atomic mass is 9.94. The molecule has 148 valence electrons. The van der Waals surface area contributed by atoms with Crippen LogP contribution in [0.15, 0.2) is 117 Å². The minimum absolute atomic E-state index is 0.826. The minimum atomic E-state index is 0.826.